The summed E-state index contributed by atoms with van der Waals surface area (Å²) < 4.78 is -0.692. The minimum Gasteiger partial charge on any atom is -0.394 e. The predicted octanol–water partition coefficient (Wildman–Crippen LogP) is 2.83. The number of thioether (sulfide) groups is 1. The molecule has 2 bridgehead atoms. The van der Waals surface area contributed by atoms with Gasteiger partial charge in [0, 0.05) is 12.3 Å². The average Bonchev–Trinajstić information content (AvgIpc) is 3.41. The number of amides is 3. The van der Waals surface area contributed by atoms with Gasteiger partial charge in [-0.3, -0.25) is 14.4 Å². The van der Waals surface area contributed by atoms with E-state index in [4.69, 9.17) is 11.6 Å². The van der Waals surface area contributed by atoms with E-state index < -0.39 is 28.7 Å². The number of nitrogens with one attached hydrogen (secondary N) is 2. The number of rotatable bonds is 7. The predicted molar refractivity (Wildman–Crippen MR) is 130 cm³/mol. The van der Waals surface area contributed by atoms with Gasteiger partial charge in [-0.15, -0.1) is 11.8 Å². The largest absolute Gasteiger partial charge is 0.394 e. The van der Waals surface area contributed by atoms with Gasteiger partial charge in [-0.25, -0.2) is 0 Å². The number of benzene rings is 1. The van der Waals surface area contributed by atoms with Crippen LogP contribution < -0.4 is 10.6 Å². The Morgan fingerprint density at radius 1 is 1.33 bits per heavy atom. The van der Waals surface area contributed by atoms with Gasteiger partial charge in [-0.2, -0.15) is 0 Å². The maximum atomic E-state index is 13.9. The molecule has 0 aromatic heterocycles. The Bertz CT molecular complexity index is 953. The van der Waals surface area contributed by atoms with E-state index in [9.17, 15) is 19.5 Å². The fourth-order valence-electron chi connectivity index (χ4n) is 6.05. The molecule has 3 heterocycles. The van der Waals surface area contributed by atoms with Gasteiger partial charge in [0.25, 0.3) is 0 Å². The van der Waals surface area contributed by atoms with Crippen molar-refractivity contribution < 1.29 is 19.5 Å². The molecule has 0 radical (unpaired) electrons. The molecule has 3 fully saturated rings. The third kappa shape index (κ3) is 3.84. The van der Waals surface area contributed by atoms with Gasteiger partial charge in [-0.05, 0) is 43.7 Å². The minimum atomic E-state index is -0.786. The fourth-order valence-corrected chi connectivity index (χ4v) is 8.53. The number of hydrogen-bond donors (Lipinski definition) is 3. The van der Waals surface area contributed by atoms with Gasteiger partial charge in [-0.1, -0.05) is 37.6 Å². The zero-order valence-electron chi connectivity index (χ0n) is 19.4. The summed E-state index contributed by atoms with van der Waals surface area (Å²) in [5.74, 6) is -1.49. The summed E-state index contributed by atoms with van der Waals surface area (Å²) >= 11 is 7.99. The molecule has 180 valence electrons. The van der Waals surface area contributed by atoms with Crippen molar-refractivity contribution in [2.24, 2.45) is 17.8 Å². The number of para-hydroxylation sites is 1. The summed E-state index contributed by atoms with van der Waals surface area (Å²) in [7, 11) is 1.59. The van der Waals surface area contributed by atoms with Crippen LogP contribution in [0, 0.1) is 24.7 Å². The van der Waals surface area contributed by atoms with Crippen molar-refractivity contribution in [3.8, 4) is 0 Å². The molecule has 3 aliphatic rings. The highest BCUT2D eigenvalue weighted by Crippen LogP contribution is 2.66. The molecule has 2 unspecified atom stereocenters. The van der Waals surface area contributed by atoms with Crippen molar-refractivity contribution in [3.05, 3.63) is 28.8 Å². The highest BCUT2D eigenvalue weighted by atomic mass is 35.5. The number of likely N-dealkylation sites (tertiary alicyclic amines) is 1. The first kappa shape index (κ1) is 24.4. The van der Waals surface area contributed by atoms with Crippen LogP contribution >= 0.6 is 23.4 Å². The van der Waals surface area contributed by atoms with Gasteiger partial charge >= 0.3 is 0 Å². The van der Waals surface area contributed by atoms with Crippen LogP contribution in [0.25, 0.3) is 0 Å². The van der Waals surface area contributed by atoms with Crippen molar-refractivity contribution in [2.75, 3.05) is 19.0 Å². The van der Waals surface area contributed by atoms with Crippen LogP contribution in [0.3, 0.4) is 0 Å². The molecule has 7 nitrogen and oxygen atoms in total. The van der Waals surface area contributed by atoms with Gasteiger partial charge in [0.2, 0.25) is 17.7 Å². The second-order valence-corrected chi connectivity index (χ2v) is 11.8. The maximum Gasteiger partial charge on any atom is 0.248 e. The molecule has 3 aliphatic heterocycles. The molecule has 1 aromatic rings. The molecule has 1 aromatic carbocycles. The summed E-state index contributed by atoms with van der Waals surface area (Å²) in [4.78, 5) is 42.2. The molecular weight excluding hydrogens is 462 g/mol. The van der Waals surface area contributed by atoms with Crippen LogP contribution in [0.2, 0.25) is 5.02 Å². The third-order valence-electron chi connectivity index (χ3n) is 7.35. The molecule has 9 heteroatoms. The Morgan fingerprint density at radius 2 is 2.06 bits per heavy atom. The van der Waals surface area contributed by atoms with E-state index in [-0.39, 0.29) is 35.5 Å². The summed E-state index contributed by atoms with van der Waals surface area (Å²) in [5, 5.41) is 16.4. The Hall–Kier alpha value is -1.77. The van der Waals surface area contributed by atoms with E-state index in [0.717, 1.165) is 12.0 Å². The number of halogens is 1. The molecule has 0 aliphatic carbocycles. The van der Waals surface area contributed by atoms with E-state index >= 15 is 0 Å². The number of aliphatic hydroxyl groups excluding tert-OH is 1. The number of hydrogen-bond acceptors (Lipinski definition) is 5. The Balaban J connectivity index is 1.78. The number of carbonyl (C=O) groups excluding carboxylic acids is 3. The molecule has 33 heavy (non-hydrogen) atoms. The molecule has 1 spiro atoms. The Labute approximate surface area is 204 Å². The molecule has 0 saturated carbocycles. The molecule has 3 N–H and O–H groups in total. The normalized spacial score (nSPS) is 31.1. The van der Waals surface area contributed by atoms with Crippen molar-refractivity contribution in [1.82, 2.24) is 10.2 Å². The lowest BCUT2D eigenvalue weighted by Crippen LogP contribution is -2.55. The first-order chi connectivity index (χ1) is 15.7. The lowest BCUT2D eigenvalue weighted by molar-refractivity contribution is -0.142. The summed E-state index contributed by atoms with van der Waals surface area (Å²) in [5.41, 5.74) is 1.36. The van der Waals surface area contributed by atoms with E-state index in [1.165, 1.54) is 0 Å². The minimum absolute atomic E-state index is 0.0103. The van der Waals surface area contributed by atoms with Crippen LogP contribution in [-0.4, -0.2) is 63.5 Å². The fraction of sp³-hybridized carbons (Fsp3) is 0.625. The van der Waals surface area contributed by atoms with Crippen molar-refractivity contribution in [2.45, 2.75) is 62.1 Å². The summed E-state index contributed by atoms with van der Waals surface area (Å²) in [6.07, 6.45) is 2.03. The van der Waals surface area contributed by atoms with Gasteiger partial charge in [0.1, 0.15) is 6.04 Å². The van der Waals surface area contributed by atoms with Crippen molar-refractivity contribution in [3.63, 3.8) is 0 Å². The second kappa shape index (κ2) is 9.12. The van der Waals surface area contributed by atoms with Crippen LogP contribution in [0.5, 0.6) is 0 Å². The van der Waals surface area contributed by atoms with Gasteiger partial charge in [0.15, 0.2) is 0 Å². The molecule has 4 rings (SSSR count). The number of aryl methyl sites for hydroxylation is 1. The van der Waals surface area contributed by atoms with Crippen LogP contribution in [0.1, 0.15) is 38.7 Å². The van der Waals surface area contributed by atoms with Gasteiger partial charge in [0.05, 0.1) is 39.9 Å². The number of anilines is 1. The van der Waals surface area contributed by atoms with Crippen LogP contribution in [0.4, 0.5) is 5.69 Å². The monoisotopic (exact) mass is 493 g/mol. The second-order valence-electron chi connectivity index (χ2n) is 9.80. The van der Waals surface area contributed by atoms with Gasteiger partial charge < -0.3 is 20.6 Å². The Kier molecular flexibility index (Phi) is 6.73. The molecule has 3 saturated heterocycles. The Morgan fingerprint density at radius 3 is 2.67 bits per heavy atom. The summed E-state index contributed by atoms with van der Waals surface area (Å²) in [6, 6.07) is 4.12. The number of fused-ring (bicyclic) bond motifs is 1. The number of aliphatic hydroxyl groups is 1. The third-order valence-corrected chi connectivity index (χ3v) is 9.62. The quantitative estimate of drug-likeness (QED) is 0.542. The smallest absolute Gasteiger partial charge is 0.248 e. The van der Waals surface area contributed by atoms with Crippen LogP contribution in [-0.2, 0) is 14.4 Å². The van der Waals surface area contributed by atoms with E-state index in [1.54, 1.807) is 29.8 Å². The summed E-state index contributed by atoms with van der Waals surface area (Å²) in [6.45, 7) is 5.68. The van der Waals surface area contributed by atoms with Crippen molar-refractivity contribution >= 4 is 46.8 Å². The lowest BCUT2D eigenvalue weighted by Gasteiger charge is -2.37. The highest BCUT2D eigenvalue weighted by molar-refractivity contribution is 8.02. The highest BCUT2D eigenvalue weighted by Gasteiger charge is 2.74. The number of carbonyl (C=O) groups is 3. The first-order valence-electron chi connectivity index (χ1n) is 11.5. The van der Waals surface area contributed by atoms with E-state index in [0.29, 0.717) is 23.6 Å². The number of nitrogens with zero attached hydrogens (tertiary/aromatic N) is 1. The molecular formula is C24H32ClN3O4S. The van der Waals surface area contributed by atoms with E-state index in [2.05, 4.69) is 10.6 Å². The average molecular weight is 494 g/mol. The SMILES string of the molecule is CNC(=O)[C@@H]1[C@@H]2CCC3(S2)C(C(=O)Nc2c(C)cccc2Cl)N([C@@H](CO)CC(C)C)C(=O)[C@H]13. The standard InChI is InChI=1S/C24H32ClN3O4S/c1-12(2)10-14(11-29)28-20(22(31)27-19-13(3)6-5-7-15(19)25)24-9-8-16(33-24)17(21(30)26-4)18(24)23(28)32/h5-7,12,14,16-18,20,29H,8-11H2,1-4H3,(H,26,30)(H,27,31)/t14-,16+,17-,18+,20?,24?/m1/s1. The van der Waals surface area contributed by atoms with Crippen molar-refractivity contribution in [1.29, 1.82) is 0 Å². The van der Waals surface area contributed by atoms with E-state index in [1.807, 2.05) is 32.9 Å². The maximum absolute atomic E-state index is 13.9. The zero-order valence-corrected chi connectivity index (χ0v) is 21.0. The topological polar surface area (TPSA) is 98.7 Å². The zero-order chi connectivity index (χ0) is 24.1. The lowest BCUT2D eigenvalue weighted by atomic mass is 9.70. The first-order valence-corrected chi connectivity index (χ1v) is 12.8. The van der Waals surface area contributed by atoms with Crippen LogP contribution in [0.15, 0.2) is 18.2 Å². The molecule has 3 amide bonds. The molecule has 6 atom stereocenters.